The van der Waals surface area contributed by atoms with Gasteiger partial charge < -0.3 is 15.0 Å². The van der Waals surface area contributed by atoms with E-state index in [0.29, 0.717) is 18.8 Å². The lowest BCUT2D eigenvalue weighted by molar-refractivity contribution is -0.139. The van der Waals surface area contributed by atoms with Crippen molar-refractivity contribution in [2.45, 2.75) is 0 Å². The van der Waals surface area contributed by atoms with E-state index in [1.54, 1.807) is 0 Å². The van der Waals surface area contributed by atoms with Gasteiger partial charge >= 0.3 is 0 Å². The minimum absolute atomic E-state index is 0.0611. The van der Waals surface area contributed by atoms with Gasteiger partial charge in [-0.05, 0) is 24.3 Å². The van der Waals surface area contributed by atoms with Crippen LogP contribution in [0.25, 0.3) is 0 Å². The lowest BCUT2D eigenvalue weighted by atomic mass is 10.3. The number of nitrogens with one attached hydrogen (secondary N) is 1. The highest BCUT2D eigenvalue weighted by Gasteiger charge is 2.21. The first-order valence-electron chi connectivity index (χ1n) is 5.58. The van der Waals surface area contributed by atoms with Gasteiger partial charge in [-0.15, -0.1) is 0 Å². The Bertz CT molecular complexity index is 447. The number of rotatable bonds is 3. The van der Waals surface area contributed by atoms with E-state index >= 15 is 0 Å². The van der Waals surface area contributed by atoms with Crippen LogP contribution in [0.5, 0.6) is 5.75 Å². The molecular formula is C12H13FN2O3. The second kappa shape index (κ2) is 5.48. The minimum atomic E-state index is -0.360. The third-order valence-corrected chi connectivity index (χ3v) is 2.57. The molecule has 0 aliphatic carbocycles. The van der Waals surface area contributed by atoms with Crippen molar-refractivity contribution in [1.82, 2.24) is 10.2 Å². The molecule has 0 unspecified atom stereocenters. The largest absolute Gasteiger partial charge is 0.484 e. The number of ether oxygens (including phenoxy) is 1. The standard InChI is InChI=1S/C12H13FN2O3/c13-9-1-3-10(4-2-9)18-8-12(17)15-6-5-14-11(16)7-15/h1-4H,5-8H2,(H,14,16). The maximum absolute atomic E-state index is 12.6. The van der Waals surface area contributed by atoms with Crippen LogP contribution in [-0.2, 0) is 9.59 Å². The molecule has 1 saturated heterocycles. The van der Waals surface area contributed by atoms with Gasteiger partial charge in [0, 0.05) is 13.1 Å². The Morgan fingerprint density at radius 2 is 2.11 bits per heavy atom. The van der Waals surface area contributed by atoms with Crippen LogP contribution in [0.2, 0.25) is 0 Å². The molecule has 1 N–H and O–H groups in total. The third-order valence-electron chi connectivity index (χ3n) is 2.57. The maximum Gasteiger partial charge on any atom is 0.261 e. The van der Waals surface area contributed by atoms with E-state index in [-0.39, 0.29) is 30.8 Å². The predicted molar refractivity (Wildman–Crippen MR) is 61.5 cm³/mol. The van der Waals surface area contributed by atoms with Gasteiger partial charge in [-0.1, -0.05) is 0 Å². The van der Waals surface area contributed by atoms with E-state index in [9.17, 15) is 14.0 Å². The van der Waals surface area contributed by atoms with E-state index in [1.165, 1.54) is 29.2 Å². The smallest absolute Gasteiger partial charge is 0.261 e. The number of benzene rings is 1. The summed E-state index contributed by atoms with van der Waals surface area (Å²) in [6, 6.07) is 5.42. The number of hydrogen-bond donors (Lipinski definition) is 1. The van der Waals surface area contributed by atoms with Crippen LogP contribution < -0.4 is 10.1 Å². The fourth-order valence-electron chi connectivity index (χ4n) is 1.62. The van der Waals surface area contributed by atoms with Crippen molar-refractivity contribution in [1.29, 1.82) is 0 Å². The van der Waals surface area contributed by atoms with E-state index < -0.39 is 0 Å². The topological polar surface area (TPSA) is 58.6 Å². The molecule has 2 amide bonds. The molecule has 5 nitrogen and oxygen atoms in total. The van der Waals surface area contributed by atoms with E-state index in [4.69, 9.17) is 4.74 Å². The van der Waals surface area contributed by atoms with Crippen molar-refractivity contribution in [3.63, 3.8) is 0 Å². The van der Waals surface area contributed by atoms with Gasteiger partial charge in [-0.2, -0.15) is 0 Å². The first-order valence-corrected chi connectivity index (χ1v) is 5.58. The zero-order chi connectivity index (χ0) is 13.0. The molecular weight excluding hydrogens is 239 g/mol. The number of piperazine rings is 1. The Hall–Kier alpha value is -2.11. The lowest BCUT2D eigenvalue weighted by Crippen LogP contribution is -2.51. The van der Waals surface area contributed by atoms with Crippen molar-refractivity contribution in [2.24, 2.45) is 0 Å². The van der Waals surface area contributed by atoms with Gasteiger partial charge in [-0.3, -0.25) is 9.59 Å². The van der Waals surface area contributed by atoms with Gasteiger partial charge in [0.2, 0.25) is 5.91 Å². The van der Waals surface area contributed by atoms with Gasteiger partial charge in [-0.25, -0.2) is 4.39 Å². The summed E-state index contributed by atoms with van der Waals surface area (Å²) in [4.78, 5) is 24.3. The van der Waals surface area contributed by atoms with Crippen LogP contribution >= 0.6 is 0 Å². The summed E-state index contributed by atoms with van der Waals surface area (Å²) in [5.74, 6) is -0.363. The fourth-order valence-corrected chi connectivity index (χ4v) is 1.62. The number of halogens is 1. The number of carbonyl (C=O) groups is 2. The highest BCUT2D eigenvalue weighted by Crippen LogP contribution is 2.11. The molecule has 1 aromatic rings. The average Bonchev–Trinajstić information content (AvgIpc) is 2.38. The average molecular weight is 252 g/mol. The highest BCUT2D eigenvalue weighted by molar-refractivity contribution is 5.86. The van der Waals surface area contributed by atoms with Crippen LogP contribution in [0.4, 0.5) is 4.39 Å². The molecule has 18 heavy (non-hydrogen) atoms. The second-order valence-corrected chi connectivity index (χ2v) is 3.91. The molecule has 0 saturated carbocycles. The maximum atomic E-state index is 12.6. The fraction of sp³-hybridized carbons (Fsp3) is 0.333. The molecule has 0 spiro atoms. The molecule has 1 aliphatic rings. The molecule has 0 aromatic heterocycles. The monoisotopic (exact) mass is 252 g/mol. The Morgan fingerprint density at radius 1 is 1.39 bits per heavy atom. The molecule has 1 aliphatic heterocycles. The minimum Gasteiger partial charge on any atom is -0.484 e. The summed E-state index contributed by atoms with van der Waals surface area (Å²) in [6.45, 7) is 0.850. The van der Waals surface area contributed by atoms with Crippen molar-refractivity contribution in [3.05, 3.63) is 30.1 Å². The lowest BCUT2D eigenvalue weighted by Gasteiger charge is -2.26. The predicted octanol–water partition coefficient (Wildman–Crippen LogP) is 0.163. The number of nitrogens with zero attached hydrogens (tertiary/aromatic N) is 1. The molecule has 0 bridgehead atoms. The summed E-state index contributed by atoms with van der Waals surface area (Å²) in [5.41, 5.74) is 0. The number of carbonyl (C=O) groups excluding carboxylic acids is 2. The molecule has 96 valence electrons. The summed E-state index contributed by atoms with van der Waals surface area (Å²) < 4.78 is 17.9. The van der Waals surface area contributed by atoms with Crippen molar-refractivity contribution in [2.75, 3.05) is 26.2 Å². The summed E-state index contributed by atoms with van der Waals surface area (Å²) >= 11 is 0. The molecule has 1 fully saturated rings. The Kier molecular flexibility index (Phi) is 3.76. The Labute approximate surface area is 104 Å². The Balaban J connectivity index is 1.84. The normalized spacial score (nSPS) is 15.2. The first-order chi connectivity index (χ1) is 8.65. The second-order valence-electron chi connectivity index (χ2n) is 3.91. The quantitative estimate of drug-likeness (QED) is 0.834. The van der Waals surface area contributed by atoms with Crippen molar-refractivity contribution < 1.29 is 18.7 Å². The van der Waals surface area contributed by atoms with Crippen LogP contribution in [0, 0.1) is 5.82 Å². The van der Waals surface area contributed by atoms with Crippen LogP contribution in [0.1, 0.15) is 0 Å². The molecule has 2 rings (SSSR count). The summed E-state index contributed by atoms with van der Waals surface area (Å²) in [5, 5.41) is 2.63. The van der Waals surface area contributed by atoms with Crippen molar-refractivity contribution in [3.8, 4) is 5.75 Å². The van der Waals surface area contributed by atoms with Crippen LogP contribution in [0.3, 0.4) is 0 Å². The molecule has 1 aromatic carbocycles. The van der Waals surface area contributed by atoms with E-state index in [1.807, 2.05) is 0 Å². The Morgan fingerprint density at radius 3 is 2.78 bits per heavy atom. The van der Waals surface area contributed by atoms with Crippen LogP contribution in [0.15, 0.2) is 24.3 Å². The highest BCUT2D eigenvalue weighted by atomic mass is 19.1. The number of hydrogen-bond acceptors (Lipinski definition) is 3. The summed E-state index contributed by atoms with van der Waals surface area (Å²) in [6.07, 6.45) is 0. The van der Waals surface area contributed by atoms with E-state index in [0.717, 1.165) is 0 Å². The van der Waals surface area contributed by atoms with Crippen molar-refractivity contribution >= 4 is 11.8 Å². The molecule has 6 heteroatoms. The molecule has 0 radical (unpaired) electrons. The zero-order valence-electron chi connectivity index (χ0n) is 9.69. The van der Waals surface area contributed by atoms with Gasteiger partial charge in [0.05, 0.1) is 6.54 Å². The SMILES string of the molecule is O=C1CN(C(=O)COc2ccc(F)cc2)CCN1. The third kappa shape index (κ3) is 3.19. The summed E-state index contributed by atoms with van der Waals surface area (Å²) in [7, 11) is 0. The van der Waals surface area contributed by atoms with Crippen LogP contribution in [-0.4, -0.2) is 43.0 Å². The van der Waals surface area contributed by atoms with Gasteiger partial charge in [0.15, 0.2) is 6.61 Å². The molecule has 1 heterocycles. The van der Waals surface area contributed by atoms with Gasteiger partial charge in [0.25, 0.3) is 5.91 Å². The van der Waals surface area contributed by atoms with Gasteiger partial charge in [0.1, 0.15) is 11.6 Å². The molecule has 0 atom stereocenters. The number of amides is 2. The first kappa shape index (κ1) is 12.3. The zero-order valence-corrected chi connectivity index (χ0v) is 9.69. The van der Waals surface area contributed by atoms with E-state index in [2.05, 4.69) is 5.32 Å².